The number of benzene rings is 1. The van der Waals surface area contributed by atoms with Gasteiger partial charge in [-0.15, -0.1) is 0 Å². The lowest BCUT2D eigenvalue weighted by molar-refractivity contribution is -0.139. The first-order chi connectivity index (χ1) is 20.4. The van der Waals surface area contributed by atoms with Gasteiger partial charge in [-0.1, -0.05) is 38.1 Å². The molecule has 0 saturated carbocycles. The molecule has 4 heterocycles. The van der Waals surface area contributed by atoms with E-state index in [4.69, 9.17) is 9.72 Å². The lowest BCUT2D eigenvalue weighted by Gasteiger charge is -2.40. The van der Waals surface area contributed by atoms with Gasteiger partial charge in [0.2, 0.25) is 0 Å². The molecule has 0 radical (unpaired) electrons. The summed E-state index contributed by atoms with van der Waals surface area (Å²) in [4.78, 5) is 28.6. The Morgan fingerprint density at radius 3 is 2.55 bits per heavy atom. The van der Waals surface area contributed by atoms with Gasteiger partial charge in [0, 0.05) is 51.0 Å². The lowest BCUT2D eigenvalue weighted by atomic mass is 9.77. The monoisotopic (exact) mass is 575 g/mol. The van der Waals surface area contributed by atoms with E-state index in [0.717, 1.165) is 55.5 Å². The Hall–Kier alpha value is -3.01. The molecular weight excluding hydrogens is 526 g/mol. The van der Waals surface area contributed by atoms with Crippen molar-refractivity contribution in [1.82, 2.24) is 33.8 Å². The molecule has 0 aliphatic carbocycles. The summed E-state index contributed by atoms with van der Waals surface area (Å²) < 4.78 is 9.27. The van der Waals surface area contributed by atoms with Crippen LogP contribution in [0.5, 0.6) is 0 Å². The summed E-state index contributed by atoms with van der Waals surface area (Å²) in [5.41, 5.74) is 2.68. The van der Waals surface area contributed by atoms with E-state index in [2.05, 4.69) is 61.0 Å². The average Bonchev–Trinajstić information content (AvgIpc) is 3.73. The normalized spacial score (nSPS) is 17.5. The first-order valence-electron chi connectivity index (χ1n) is 15.7. The highest BCUT2D eigenvalue weighted by atomic mass is 16.5. The Kier molecular flexibility index (Phi) is 10.5. The standard InChI is InChI=1S/C33H49N7O2/c1-28(2)22-36-15-8-33(9-16-36)10-17-37(25-33)13-5-14-40-19-12-35-31(40)24-39(27-38-18-11-34-26-38)23-30-7-4-6-29(20-30)21-32(41)42-3/h4,6-7,11-12,18-20,26,28H,5,8-10,13-17,21-25,27H2,1-3H3. The van der Waals surface area contributed by atoms with E-state index in [9.17, 15) is 4.79 Å². The topological polar surface area (TPSA) is 71.7 Å². The summed E-state index contributed by atoms with van der Waals surface area (Å²) in [6.45, 7) is 15.3. The molecule has 0 unspecified atom stereocenters. The maximum atomic E-state index is 11.8. The molecule has 2 aliphatic heterocycles. The number of piperidine rings is 1. The van der Waals surface area contributed by atoms with Crippen LogP contribution in [0.2, 0.25) is 0 Å². The second-order valence-corrected chi connectivity index (χ2v) is 12.9. The summed E-state index contributed by atoms with van der Waals surface area (Å²) in [6.07, 6.45) is 15.2. The Labute approximate surface area is 251 Å². The van der Waals surface area contributed by atoms with Crippen molar-refractivity contribution in [3.63, 3.8) is 0 Å². The van der Waals surface area contributed by atoms with Crippen LogP contribution in [0.25, 0.3) is 0 Å². The molecule has 0 amide bonds. The van der Waals surface area contributed by atoms with Gasteiger partial charge in [0.15, 0.2) is 0 Å². The van der Waals surface area contributed by atoms with Gasteiger partial charge in [-0.2, -0.15) is 0 Å². The van der Waals surface area contributed by atoms with E-state index in [1.54, 1.807) is 0 Å². The molecule has 2 aromatic heterocycles. The van der Waals surface area contributed by atoms with Crippen LogP contribution in [-0.2, 0) is 42.3 Å². The third-order valence-corrected chi connectivity index (χ3v) is 8.99. The largest absolute Gasteiger partial charge is 0.469 e. The third kappa shape index (κ3) is 8.52. The maximum Gasteiger partial charge on any atom is 0.309 e. The number of likely N-dealkylation sites (tertiary alicyclic amines) is 2. The molecule has 2 aliphatic rings. The minimum absolute atomic E-state index is 0.222. The smallest absolute Gasteiger partial charge is 0.309 e. The van der Waals surface area contributed by atoms with Gasteiger partial charge >= 0.3 is 5.97 Å². The van der Waals surface area contributed by atoms with E-state index in [0.29, 0.717) is 12.1 Å². The molecule has 0 bridgehead atoms. The number of aromatic nitrogens is 4. The molecule has 0 N–H and O–H groups in total. The van der Waals surface area contributed by atoms with Crippen LogP contribution in [0.15, 0.2) is 55.4 Å². The number of nitrogens with zero attached hydrogens (tertiary/aromatic N) is 7. The SMILES string of the molecule is COC(=O)Cc1cccc(CN(Cc2nccn2CCCN2CCC3(CCN(CC(C)C)CC3)C2)Cn2ccnc2)c1. The number of imidazole rings is 2. The first-order valence-corrected chi connectivity index (χ1v) is 15.7. The average molecular weight is 576 g/mol. The van der Waals surface area contributed by atoms with Gasteiger partial charge in [0.05, 0.1) is 33.1 Å². The molecule has 1 spiro atoms. The van der Waals surface area contributed by atoms with Crippen molar-refractivity contribution in [2.24, 2.45) is 11.3 Å². The molecule has 1 aromatic carbocycles. The van der Waals surface area contributed by atoms with Gasteiger partial charge < -0.3 is 23.7 Å². The third-order valence-electron chi connectivity index (χ3n) is 8.99. The van der Waals surface area contributed by atoms with Crippen LogP contribution in [0.4, 0.5) is 0 Å². The second-order valence-electron chi connectivity index (χ2n) is 12.9. The maximum absolute atomic E-state index is 11.8. The fourth-order valence-corrected chi connectivity index (χ4v) is 6.81. The summed E-state index contributed by atoms with van der Waals surface area (Å²) in [7, 11) is 1.43. The number of methoxy groups -OCH3 is 1. The second kappa shape index (κ2) is 14.4. The molecule has 9 nitrogen and oxygen atoms in total. The fourth-order valence-electron chi connectivity index (χ4n) is 6.81. The number of carbonyl (C=O) groups is 1. The number of hydrogen-bond acceptors (Lipinski definition) is 7. The van der Waals surface area contributed by atoms with Crippen molar-refractivity contribution in [2.45, 2.75) is 72.3 Å². The van der Waals surface area contributed by atoms with Gasteiger partial charge in [0.1, 0.15) is 5.82 Å². The zero-order valence-corrected chi connectivity index (χ0v) is 25.8. The molecule has 3 aromatic rings. The molecule has 2 saturated heterocycles. The van der Waals surface area contributed by atoms with E-state index in [1.165, 1.54) is 59.1 Å². The molecule has 5 rings (SSSR count). The predicted octanol–water partition coefficient (Wildman–Crippen LogP) is 4.29. The summed E-state index contributed by atoms with van der Waals surface area (Å²) >= 11 is 0. The van der Waals surface area contributed by atoms with E-state index in [-0.39, 0.29) is 12.4 Å². The van der Waals surface area contributed by atoms with Gasteiger partial charge in [-0.3, -0.25) is 9.69 Å². The van der Waals surface area contributed by atoms with E-state index in [1.807, 2.05) is 37.1 Å². The van der Waals surface area contributed by atoms with E-state index < -0.39 is 0 Å². The zero-order chi connectivity index (χ0) is 29.4. The van der Waals surface area contributed by atoms with Crippen molar-refractivity contribution >= 4 is 5.97 Å². The Morgan fingerprint density at radius 2 is 1.81 bits per heavy atom. The summed E-state index contributed by atoms with van der Waals surface area (Å²) in [6, 6.07) is 8.21. The van der Waals surface area contributed by atoms with Crippen LogP contribution in [-0.4, -0.2) is 86.1 Å². The minimum atomic E-state index is -0.222. The Morgan fingerprint density at radius 1 is 1.02 bits per heavy atom. The number of esters is 1. The van der Waals surface area contributed by atoms with Crippen LogP contribution >= 0.6 is 0 Å². The predicted molar refractivity (Wildman–Crippen MR) is 164 cm³/mol. The Bertz CT molecular complexity index is 1250. The molecule has 42 heavy (non-hydrogen) atoms. The van der Waals surface area contributed by atoms with Gasteiger partial charge in [0.25, 0.3) is 0 Å². The summed E-state index contributed by atoms with van der Waals surface area (Å²) in [5, 5.41) is 0. The van der Waals surface area contributed by atoms with Crippen LogP contribution in [0.1, 0.15) is 56.5 Å². The quantitative estimate of drug-likeness (QED) is 0.266. The highest BCUT2D eigenvalue weighted by molar-refractivity contribution is 5.72. The molecule has 2 fully saturated rings. The van der Waals surface area contributed by atoms with E-state index >= 15 is 0 Å². The molecular formula is C33H49N7O2. The summed E-state index contributed by atoms with van der Waals surface area (Å²) in [5.74, 6) is 1.62. The minimum Gasteiger partial charge on any atom is -0.469 e. The van der Waals surface area contributed by atoms with Crippen molar-refractivity contribution in [3.05, 3.63) is 72.3 Å². The van der Waals surface area contributed by atoms with Crippen LogP contribution < -0.4 is 0 Å². The van der Waals surface area contributed by atoms with Gasteiger partial charge in [-0.25, -0.2) is 9.97 Å². The zero-order valence-electron chi connectivity index (χ0n) is 25.8. The molecule has 9 heteroatoms. The van der Waals surface area contributed by atoms with Crippen molar-refractivity contribution < 1.29 is 9.53 Å². The molecule has 0 atom stereocenters. The number of rotatable bonds is 14. The van der Waals surface area contributed by atoms with Crippen LogP contribution in [0.3, 0.4) is 0 Å². The number of ether oxygens (including phenoxy) is 1. The fraction of sp³-hybridized carbons (Fsp3) is 0.606. The highest BCUT2D eigenvalue weighted by Gasteiger charge is 2.40. The number of hydrogen-bond donors (Lipinski definition) is 0. The number of carbonyl (C=O) groups excluding carboxylic acids is 1. The Balaban J connectivity index is 1.14. The van der Waals surface area contributed by atoms with Crippen molar-refractivity contribution in [3.8, 4) is 0 Å². The lowest BCUT2D eigenvalue weighted by Crippen LogP contribution is -2.42. The van der Waals surface area contributed by atoms with Crippen molar-refractivity contribution in [2.75, 3.05) is 46.4 Å². The van der Waals surface area contributed by atoms with Crippen LogP contribution in [0, 0.1) is 11.3 Å². The van der Waals surface area contributed by atoms with Gasteiger partial charge in [-0.05, 0) is 74.3 Å². The highest BCUT2D eigenvalue weighted by Crippen LogP contribution is 2.40. The molecule has 228 valence electrons. The number of aryl methyl sites for hydroxylation is 1. The van der Waals surface area contributed by atoms with Crippen molar-refractivity contribution in [1.29, 1.82) is 0 Å². The first kappa shape index (κ1) is 30.4.